The second-order valence-electron chi connectivity index (χ2n) is 4.83. The fourth-order valence-corrected chi connectivity index (χ4v) is 2.65. The van der Waals surface area contributed by atoms with E-state index in [-0.39, 0.29) is 5.60 Å². The van der Waals surface area contributed by atoms with Crippen molar-refractivity contribution in [3.63, 3.8) is 0 Å². The third kappa shape index (κ3) is 2.92. The lowest BCUT2D eigenvalue weighted by atomic mass is 9.86. The van der Waals surface area contributed by atoms with Crippen LogP contribution in [0.2, 0.25) is 0 Å². The molecule has 2 unspecified atom stereocenters. The van der Waals surface area contributed by atoms with Crippen molar-refractivity contribution in [3.8, 4) is 0 Å². The molecule has 0 aromatic rings. The molecular formula is C12H23NO2. The first-order valence-corrected chi connectivity index (χ1v) is 6.30. The van der Waals surface area contributed by atoms with Gasteiger partial charge in [0.15, 0.2) is 0 Å². The van der Waals surface area contributed by atoms with E-state index in [0.717, 1.165) is 45.6 Å². The summed E-state index contributed by atoms with van der Waals surface area (Å²) in [6, 6.07) is 0.639. The minimum absolute atomic E-state index is 0.0436. The highest BCUT2D eigenvalue weighted by Crippen LogP contribution is 2.32. The lowest BCUT2D eigenvalue weighted by Crippen LogP contribution is -2.51. The molecule has 0 aromatic carbocycles. The average Bonchev–Trinajstić information content (AvgIpc) is 2.28. The van der Waals surface area contributed by atoms with Gasteiger partial charge in [-0.2, -0.15) is 0 Å². The fourth-order valence-electron chi connectivity index (χ4n) is 2.65. The smallest absolute Gasteiger partial charge is 0.0930 e. The highest BCUT2D eigenvalue weighted by atomic mass is 16.5. The van der Waals surface area contributed by atoms with E-state index in [4.69, 9.17) is 9.47 Å². The van der Waals surface area contributed by atoms with Gasteiger partial charge in [0.2, 0.25) is 0 Å². The van der Waals surface area contributed by atoms with Crippen LogP contribution in [-0.2, 0) is 9.47 Å². The van der Waals surface area contributed by atoms with Crippen LogP contribution in [0.5, 0.6) is 0 Å². The number of hydrogen-bond acceptors (Lipinski definition) is 3. The predicted octanol–water partition coefficient (Wildman–Crippen LogP) is 1.71. The predicted molar refractivity (Wildman–Crippen MR) is 60.1 cm³/mol. The fraction of sp³-hybridized carbons (Fsp3) is 1.00. The first kappa shape index (κ1) is 11.4. The number of hydrogen-bond donors (Lipinski definition) is 1. The highest BCUT2D eigenvalue weighted by molar-refractivity contribution is 4.91. The summed E-state index contributed by atoms with van der Waals surface area (Å²) in [6.45, 7) is 5.95. The van der Waals surface area contributed by atoms with Crippen molar-refractivity contribution >= 4 is 0 Å². The van der Waals surface area contributed by atoms with Crippen molar-refractivity contribution in [3.05, 3.63) is 0 Å². The lowest BCUT2D eigenvalue weighted by molar-refractivity contribution is -0.156. The van der Waals surface area contributed by atoms with Gasteiger partial charge in [-0.15, -0.1) is 0 Å². The zero-order valence-corrected chi connectivity index (χ0v) is 9.76. The molecule has 0 amide bonds. The molecule has 88 valence electrons. The average molecular weight is 213 g/mol. The van der Waals surface area contributed by atoms with Crippen LogP contribution in [0.1, 0.15) is 39.0 Å². The molecule has 2 saturated heterocycles. The van der Waals surface area contributed by atoms with Crippen molar-refractivity contribution in [2.75, 3.05) is 26.4 Å². The molecule has 0 aliphatic carbocycles. The summed E-state index contributed by atoms with van der Waals surface area (Å²) in [7, 11) is 0. The third-order valence-corrected chi connectivity index (χ3v) is 3.46. The molecule has 0 aromatic heterocycles. The van der Waals surface area contributed by atoms with Crippen molar-refractivity contribution in [1.82, 2.24) is 5.32 Å². The molecule has 2 aliphatic heterocycles. The second kappa shape index (κ2) is 5.28. The normalized spacial score (nSPS) is 37.0. The van der Waals surface area contributed by atoms with Crippen LogP contribution in [0.3, 0.4) is 0 Å². The Bertz CT molecular complexity index is 185. The maximum Gasteiger partial charge on any atom is 0.0930 e. The van der Waals surface area contributed by atoms with Gasteiger partial charge in [0.1, 0.15) is 0 Å². The van der Waals surface area contributed by atoms with Gasteiger partial charge in [-0.1, -0.05) is 6.92 Å². The molecular weight excluding hydrogens is 190 g/mol. The summed E-state index contributed by atoms with van der Waals surface area (Å²) < 4.78 is 11.5. The first-order valence-electron chi connectivity index (χ1n) is 6.30. The first-order chi connectivity index (χ1) is 7.35. The maximum atomic E-state index is 5.95. The molecule has 0 radical (unpaired) electrons. The molecule has 2 aliphatic rings. The Labute approximate surface area is 92.5 Å². The zero-order chi connectivity index (χ0) is 10.6. The van der Waals surface area contributed by atoms with Gasteiger partial charge in [-0.3, -0.25) is 0 Å². The maximum absolute atomic E-state index is 5.95. The molecule has 3 heteroatoms. The monoisotopic (exact) mass is 213 g/mol. The van der Waals surface area contributed by atoms with E-state index in [2.05, 4.69) is 12.2 Å². The standard InChI is InChI=1S/C12H23NO2/c1-2-6-13-11-4-8-15-12(9-11)5-3-7-14-10-12/h11,13H,2-10H2,1H3. The van der Waals surface area contributed by atoms with Crippen molar-refractivity contribution < 1.29 is 9.47 Å². The Balaban J connectivity index is 1.85. The third-order valence-electron chi connectivity index (χ3n) is 3.46. The Morgan fingerprint density at radius 3 is 3.07 bits per heavy atom. The number of rotatable bonds is 3. The molecule has 0 bridgehead atoms. The zero-order valence-electron chi connectivity index (χ0n) is 9.76. The van der Waals surface area contributed by atoms with E-state index in [1.807, 2.05) is 0 Å². The molecule has 2 heterocycles. The Hall–Kier alpha value is -0.120. The van der Waals surface area contributed by atoms with Crippen molar-refractivity contribution in [2.24, 2.45) is 0 Å². The van der Waals surface area contributed by atoms with Gasteiger partial charge in [-0.25, -0.2) is 0 Å². The highest BCUT2D eigenvalue weighted by Gasteiger charge is 2.38. The minimum atomic E-state index is 0.0436. The number of nitrogens with one attached hydrogen (secondary N) is 1. The minimum Gasteiger partial charge on any atom is -0.378 e. The summed E-state index contributed by atoms with van der Waals surface area (Å²) in [5, 5.41) is 3.61. The Morgan fingerprint density at radius 2 is 2.33 bits per heavy atom. The molecule has 2 rings (SSSR count). The van der Waals surface area contributed by atoms with Crippen LogP contribution in [0.4, 0.5) is 0 Å². The van der Waals surface area contributed by atoms with E-state index < -0.39 is 0 Å². The van der Waals surface area contributed by atoms with Gasteiger partial charge >= 0.3 is 0 Å². The van der Waals surface area contributed by atoms with Crippen LogP contribution in [0.25, 0.3) is 0 Å². The lowest BCUT2D eigenvalue weighted by Gasteiger charge is -2.43. The van der Waals surface area contributed by atoms with Gasteiger partial charge in [0.25, 0.3) is 0 Å². The summed E-state index contributed by atoms with van der Waals surface area (Å²) in [5.41, 5.74) is 0.0436. The molecule has 1 N–H and O–H groups in total. The van der Waals surface area contributed by atoms with Crippen LogP contribution >= 0.6 is 0 Å². The second-order valence-corrected chi connectivity index (χ2v) is 4.83. The largest absolute Gasteiger partial charge is 0.378 e. The van der Waals surface area contributed by atoms with Crippen LogP contribution in [0.15, 0.2) is 0 Å². The quantitative estimate of drug-likeness (QED) is 0.774. The van der Waals surface area contributed by atoms with Gasteiger partial charge < -0.3 is 14.8 Å². The molecule has 3 nitrogen and oxygen atoms in total. The summed E-state index contributed by atoms with van der Waals surface area (Å²) >= 11 is 0. The van der Waals surface area contributed by atoms with Gasteiger partial charge in [0, 0.05) is 19.3 Å². The molecule has 2 atom stereocenters. The van der Waals surface area contributed by atoms with Crippen molar-refractivity contribution in [1.29, 1.82) is 0 Å². The van der Waals surface area contributed by atoms with Crippen molar-refractivity contribution in [2.45, 2.75) is 50.7 Å². The summed E-state index contributed by atoms with van der Waals surface area (Å²) in [6.07, 6.45) is 5.83. The van der Waals surface area contributed by atoms with E-state index in [1.54, 1.807) is 0 Å². The molecule has 15 heavy (non-hydrogen) atoms. The Morgan fingerprint density at radius 1 is 1.40 bits per heavy atom. The van der Waals surface area contributed by atoms with E-state index in [0.29, 0.717) is 6.04 Å². The molecule has 1 spiro atoms. The van der Waals surface area contributed by atoms with Crippen LogP contribution < -0.4 is 5.32 Å². The molecule has 2 fully saturated rings. The SMILES string of the molecule is CCCNC1CCOC2(CCCOC2)C1. The summed E-state index contributed by atoms with van der Waals surface area (Å²) in [5.74, 6) is 0. The molecule has 0 saturated carbocycles. The van der Waals surface area contributed by atoms with Gasteiger partial charge in [0.05, 0.1) is 12.2 Å². The van der Waals surface area contributed by atoms with E-state index in [1.165, 1.54) is 12.8 Å². The van der Waals surface area contributed by atoms with E-state index >= 15 is 0 Å². The topological polar surface area (TPSA) is 30.5 Å². The van der Waals surface area contributed by atoms with Crippen LogP contribution in [-0.4, -0.2) is 38.0 Å². The van der Waals surface area contributed by atoms with Gasteiger partial charge in [-0.05, 0) is 38.6 Å². The summed E-state index contributed by atoms with van der Waals surface area (Å²) in [4.78, 5) is 0. The van der Waals surface area contributed by atoms with Crippen LogP contribution in [0, 0.1) is 0 Å². The number of ether oxygens (including phenoxy) is 2. The van der Waals surface area contributed by atoms with E-state index in [9.17, 15) is 0 Å². The Kier molecular flexibility index (Phi) is 4.00.